The van der Waals surface area contributed by atoms with Crippen LogP contribution in [0.5, 0.6) is 0 Å². The van der Waals surface area contributed by atoms with Crippen LogP contribution in [0.1, 0.15) is 36.2 Å². The number of nitrogens with one attached hydrogen (secondary N) is 1. The molecule has 19 heavy (non-hydrogen) atoms. The lowest BCUT2D eigenvalue weighted by molar-refractivity contribution is 0.550. The van der Waals surface area contributed by atoms with E-state index in [4.69, 9.17) is 0 Å². The van der Waals surface area contributed by atoms with Gasteiger partial charge >= 0.3 is 0 Å². The first kappa shape index (κ1) is 14.2. The minimum Gasteiger partial charge on any atom is -0.305 e. The van der Waals surface area contributed by atoms with Crippen LogP contribution in [0.15, 0.2) is 28.9 Å². The van der Waals surface area contributed by atoms with Crippen LogP contribution in [-0.2, 0) is 7.05 Å². The van der Waals surface area contributed by atoms with Crippen LogP contribution in [0.3, 0.4) is 0 Å². The number of benzene rings is 1. The molecule has 4 nitrogen and oxygen atoms in total. The molecule has 1 aromatic carbocycles. The van der Waals surface area contributed by atoms with Crippen molar-refractivity contribution in [1.82, 2.24) is 20.3 Å². The standard InChI is InChI=1S/C14H19BrN4/c1-4-7-16-14(13-9-17-18-19(13)3)11-6-5-10(2)12(15)8-11/h5-6,8-9,14,16H,4,7H2,1-3H3. The molecule has 0 radical (unpaired) electrons. The Kier molecular flexibility index (Phi) is 4.71. The molecule has 0 saturated heterocycles. The van der Waals surface area contributed by atoms with Crippen molar-refractivity contribution in [3.63, 3.8) is 0 Å². The molecule has 0 saturated carbocycles. The van der Waals surface area contributed by atoms with E-state index in [9.17, 15) is 0 Å². The topological polar surface area (TPSA) is 42.7 Å². The number of nitrogens with zero attached hydrogens (tertiary/aromatic N) is 3. The first-order valence-electron chi connectivity index (χ1n) is 6.47. The zero-order chi connectivity index (χ0) is 13.8. The fourth-order valence-corrected chi connectivity index (χ4v) is 2.43. The number of aryl methyl sites for hydroxylation is 2. The lowest BCUT2D eigenvalue weighted by atomic mass is 10.0. The summed E-state index contributed by atoms with van der Waals surface area (Å²) in [4.78, 5) is 0. The summed E-state index contributed by atoms with van der Waals surface area (Å²) >= 11 is 3.60. The van der Waals surface area contributed by atoms with Gasteiger partial charge in [0.1, 0.15) is 0 Å². The predicted molar refractivity (Wildman–Crippen MR) is 80.0 cm³/mol. The van der Waals surface area contributed by atoms with Gasteiger partial charge in [-0.1, -0.05) is 40.2 Å². The highest BCUT2D eigenvalue weighted by atomic mass is 79.9. The maximum Gasteiger partial charge on any atom is 0.0798 e. The van der Waals surface area contributed by atoms with Gasteiger partial charge in [0, 0.05) is 11.5 Å². The summed E-state index contributed by atoms with van der Waals surface area (Å²) < 4.78 is 2.95. The molecular weight excluding hydrogens is 304 g/mol. The molecule has 0 aliphatic carbocycles. The van der Waals surface area contributed by atoms with E-state index in [1.165, 1.54) is 11.1 Å². The van der Waals surface area contributed by atoms with Crippen LogP contribution in [-0.4, -0.2) is 21.5 Å². The van der Waals surface area contributed by atoms with E-state index in [2.05, 4.69) is 63.6 Å². The SMILES string of the molecule is CCCNC(c1ccc(C)c(Br)c1)c1cnnn1C. The van der Waals surface area contributed by atoms with Gasteiger partial charge in [-0.15, -0.1) is 5.10 Å². The smallest absolute Gasteiger partial charge is 0.0798 e. The minimum absolute atomic E-state index is 0.122. The van der Waals surface area contributed by atoms with Crippen molar-refractivity contribution in [3.8, 4) is 0 Å². The quantitative estimate of drug-likeness (QED) is 0.920. The van der Waals surface area contributed by atoms with E-state index in [-0.39, 0.29) is 6.04 Å². The molecule has 1 atom stereocenters. The Balaban J connectivity index is 2.37. The summed E-state index contributed by atoms with van der Waals surface area (Å²) in [5.41, 5.74) is 3.53. The van der Waals surface area contributed by atoms with Crippen molar-refractivity contribution in [2.75, 3.05) is 6.54 Å². The van der Waals surface area contributed by atoms with Gasteiger partial charge in [0.05, 0.1) is 17.9 Å². The van der Waals surface area contributed by atoms with Gasteiger partial charge in [-0.05, 0) is 37.1 Å². The molecule has 2 rings (SSSR count). The minimum atomic E-state index is 0.122. The van der Waals surface area contributed by atoms with Crippen LogP contribution in [0, 0.1) is 6.92 Å². The van der Waals surface area contributed by atoms with Crippen molar-refractivity contribution in [3.05, 3.63) is 45.7 Å². The van der Waals surface area contributed by atoms with E-state index in [0.29, 0.717) is 0 Å². The van der Waals surface area contributed by atoms with Gasteiger partial charge in [-0.25, -0.2) is 0 Å². The Morgan fingerprint density at radius 3 is 2.79 bits per heavy atom. The summed E-state index contributed by atoms with van der Waals surface area (Å²) in [5, 5.41) is 11.6. The van der Waals surface area contributed by atoms with Gasteiger partial charge in [-0.2, -0.15) is 0 Å². The fraction of sp³-hybridized carbons (Fsp3) is 0.429. The lowest BCUT2D eigenvalue weighted by Crippen LogP contribution is -2.25. The zero-order valence-corrected chi connectivity index (χ0v) is 13.1. The molecule has 1 aromatic heterocycles. The average Bonchev–Trinajstić information content (AvgIpc) is 2.80. The van der Waals surface area contributed by atoms with E-state index in [1.807, 2.05) is 17.9 Å². The van der Waals surface area contributed by atoms with Crippen LogP contribution in [0.25, 0.3) is 0 Å². The molecule has 0 aliphatic rings. The summed E-state index contributed by atoms with van der Waals surface area (Å²) in [7, 11) is 1.92. The highest BCUT2D eigenvalue weighted by Crippen LogP contribution is 2.25. The van der Waals surface area contributed by atoms with Crippen molar-refractivity contribution < 1.29 is 0 Å². The summed E-state index contributed by atoms with van der Waals surface area (Å²) in [6, 6.07) is 6.57. The van der Waals surface area contributed by atoms with Crippen molar-refractivity contribution in [2.45, 2.75) is 26.3 Å². The summed E-state index contributed by atoms with van der Waals surface area (Å²) in [6.45, 7) is 5.21. The van der Waals surface area contributed by atoms with E-state index in [0.717, 1.165) is 23.1 Å². The highest BCUT2D eigenvalue weighted by molar-refractivity contribution is 9.10. The van der Waals surface area contributed by atoms with Gasteiger partial charge in [0.2, 0.25) is 0 Å². The van der Waals surface area contributed by atoms with Gasteiger partial charge < -0.3 is 5.32 Å². The molecule has 5 heteroatoms. The van der Waals surface area contributed by atoms with Gasteiger partial charge in [0.25, 0.3) is 0 Å². The molecule has 102 valence electrons. The Bertz CT molecular complexity index is 550. The van der Waals surface area contributed by atoms with Crippen LogP contribution >= 0.6 is 15.9 Å². The van der Waals surface area contributed by atoms with Crippen LogP contribution < -0.4 is 5.32 Å². The van der Waals surface area contributed by atoms with Crippen molar-refractivity contribution in [1.29, 1.82) is 0 Å². The molecule has 1 heterocycles. The lowest BCUT2D eigenvalue weighted by Gasteiger charge is -2.19. The van der Waals surface area contributed by atoms with Crippen LogP contribution in [0.2, 0.25) is 0 Å². The van der Waals surface area contributed by atoms with E-state index in [1.54, 1.807) is 0 Å². The second-order valence-electron chi connectivity index (χ2n) is 4.68. The Morgan fingerprint density at radius 1 is 1.42 bits per heavy atom. The van der Waals surface area contributed by atoms with Crippen molar-refractivity contribution in [2.24, 2.45) is 7.05 Å². The number of hydrogen-bond donors (Lipinski definition) is 1. The summed E-state index contributed by atoms with van der Waals surface area (Å²) in [6.07, 6.45) is 2.91. The molecule has 0 spiro atoms. The monoisotopic (exact) mass is 322 g/mol. The number of aromatic nitrogens is 3. The molecule has 0 fully saturated rings. The van der Waals surface area contributed by atoms with Gasteiger partial charge in [-0.3, -0.25) is 4.68 Å². The first-order valence-corrected chi connectivity index (χ1v) is 7.26. The third-order valence-electron chi connectivity index (χ3n) is 3.17. The van der Waals surface area contributed by atoms with E-state index < -0.39 is 0 Å². The average molecular weight is 323 g/mol. The maximum atomic E-state index is 4.03. The molecule has 0 amide bonds. The molecule has 0 aliphatic heterocycles. The predicted octanol–water partition coefficient (Wildman–Crippen LogP) is 2.98. The largest absolute Gasteiger partial charge is 0.305 e. The molecule has 0 bridgehead atoms. The van der Waals surface area contributed by atoms with Gasteiger partial charge in [0.15, 0.2) is 0 Å². The van der Waals surface area contributed by atoms with Crippen molar-refractivity contribution >= 4 is 15.9 Å². The third-order valence-corrected chi connectivity index (χ3v) is 4.03. The normalized spacial score (nSPS) is 12.6. The molecular formula is C14H19BrN4. The zero-order valence-electron chi connectivity index (χ0n) is 11.5. The number of rotatable bonds is 5. The molecule has 2 aromatic rings. The maximum absolute atomic E-state index is 4.03. The Morgan fingerprint density at radius 2 is 2.21 bits per heavy atom. The fourth-order valence-electron chi connectivity index (χ4n) is 2.03. The number of halogens is 1. The second kappa shape index (κ2) is 6.30. The Labute approximate surface area is 122 Å². The second-order valence-corrected chi connectivity index (χ2v) is 5.53. The molecule has 1 unspecified atom stereocenters. The van der Waals surface area contributed by atoms with Crippen LogP contribution in [0.4, 0.5) is 0 Å². The first-order chi connectivity index (χ1) is 9.13. The third kappa shape index (κ3) is 3.22. The highest BCUT2D eigenvalue weighted by Gasteiger charge is 2.17. The summed E-state index contributed by atoms with van der Waals surface area (Å²) in [5.74, 6) is 0. The Hall–Kier alpha value is -1.20. The van der Waals surface area contributed by atoms with E-state index >= 15 is 0 Å². The molecule has 1 N–H and O–H groups in total. The number of hydrogen-bond acceptors (Lipinski definition) is 3.